The first-order chi connectivity index (χ1) is 8.18. The number of rotatable bonds is 2. The molecule has 1 heterocycles. The third-order valence-electron chi connectivity index (χ3n) is 3.15. The molecule has 0 atom stereocenters. The van der Waals surface area contributed by atoms with Gasteiger partial charge in [0.15, 0.2) is 5.96 Å². The van der Waals surface area contributed by atoms with Crippen LogP contribution in [-0.4, -0.2) is 19.0 Å². The second-order valence-corrected chi connectivity index (χ2v) is 4.53. The minimum absolute atomic E-state index is 0.123. The number of hydrogen-bond donors (Lipinski definition) is 2. The van der Waals surface area contributed by atoms with E-state index in [0.717, 1.165) is 30.0 Å². The summed E-state index contributed by atoms with van der Waals surface area (Å²) in [5.41, 5.74) is 14.2. The van der Waals surface area contributed by atoms with Gasteiger partial charge in [0.25, 0.3) is 0 Å². The van der Waals surface area contributed by atoms with Crippen LogP contribution < -0.4 is 16.4 Å². The molecular weight excluding hydrogens is 212 g/mol. The van der Waals surface area contributed by atoms with E-state index in [1.807, 2.05) is 13.0 Å². The first kappa shape index (κ1) is 11.8. The molecule has 0 bridgehead atoms. The Morgan fingerprint density at radius 3 is 2.53 bits per heavy atom. The number of guanidine groups is 1. The van der Waals surface area contributed by atoms with Crippen molar-refractivity contribution < 1.29 is 0 Å². The third-order valence-corrected chi connectivity index (χ3v) is 3.15. The number of aryl methyl sites for hydroxylation is 1. The zero-order chi connectivity index (χ0) is 12.3. The average Bonchev–Trinajstić information content (AvgIpc) is 2.32. The second-order valence-electron chi connectivity index (χ2n) is 4.53. The molecule has 0 saturated carbocycles. The SMILES string of the molecule is Cc1cccc(N2CCCCC2)c1N=C(N)N. The fourth-order valence-electron chi connectivity index (χ4n) is 2.31. The highest BCUT2D eigenvalue weighted by Gasteiger charge is 2.15. The maximum absolute atomic E-state index is 5.50. The van der Waals surface area contributed by atoms with Crippen LogP contribution in [0.3, 0.4) is 0 Å². The highest BCUT2D eigenvalue weighted by molar-refractivity contribution is 5.83. The van der Waals surface area contributed by atoms with E-state index in [0.29, 0.717) is 0 Å². The number of benzene rings is 1. The fraction of sp³-hybridized carbons (Fsp3) is 0.462. The van der Waals surface area contributed by atoms with Gasteiger partial charge in [-0.2, -0.15) is 0 Å². The third kappa shape index (κ3) is 2.70. The fourth-order valence-corrected chi connectivity index (χ4v) is 2.31. The predicted octanol–water partition coefficient (Wildman–Crippen LogP) is 1.89. The zero-order valence-electron chi connectivity index (χ0n) is 10.3. The summed E-state index contributed by atoms with van der Waals surface area (Å²) in [7, 11) is 0. The molecule has 0 amide bonds. The monoisotopic (exact) mass is 232 g/mol. The lowest BCUT2D eigenvalue weighted by atomic mass is 10.1. The van der Waals surface area contributed by atoms with Gasteiger partial charge in [-0.05, 0) is 37.8 Å². The smallest absolute Gasteiger partial charge is 0.191 e. The molecule has 92 valence electrons. The number of piperidine rings is 1. The Hall–Kier alpha value is -1.71. The van der Waals surface area contributed by atoms with Crippen LogP contribution in [0.4, 0.5) is 11.4 Å². The molecule has 4 nitrogen and oxygen atoms in total. The van der Waals surface area contributed by atoms with Crippen LogP contribution in [0.15, 0.2) is 23.2 Å². The van der Waals surface area contributed by atoms with Gasteiger partial charge >= 0.3 is 0 Å². The lowest BCUT2D eigenvalue weighted by molar-refractivity contribution is 0.578. The molecule has 1 fully saturated rings. The average molecular weight is 232 g/mol. The van der Waals surface area contributed by atoms with Crippen LogP contribution >= 0.6 is 0 Å². The van der Waals surface area contributed by atoms with E-state index in [4.69, 9.17) is 11.5 Å². The van der Waals surface area contributed by atoms with E-state index in [-0.39, 0.29) is 5.96 Å². The Kier molecular flexibility index (Phi) is 3.52. The van der Waals surface area contributed by atoms with Crippen molar-refractivity contribution in [3.8, 4) is 0 Å². The van der Waals surface area contributed by atoms with Crippen molar-refractivity contribution in [2.24, 2.45) is 16.5 Å². The van der Waals surface area contributed by atoms with Gasteiger partial charge in [0.1, 0.15) is 0 Å². The van der Waals surface area contributed by atoms with Crippen molar-refractivity contribution in [2.45, 2.75) is 26.2 Å². The summed E-state index contributed by atoms with van der Waals surface area (Å²) >= 11 is 0. The highest BCUT2D eigenvalue weighted by Crippen LogP contribution is 2.33. The summed E-state index contributed by atoms with van der Waals surface area (Å²) in [6, 6.07) is 6.19. The quantitative estimate of drug-likeness (QED) is 0.604. The van der Waals surface area contributed by atoms with Gasteiger partial charge in [-0.15, -0.1) is 0 Å². The largest absolute Gasteiger partial charge is 0.370 e. The van der Waals surface area contributed by atoms with Crippen LogP contribution in [0.1, 0.15) is 24.8 Å². The first-order valence-corrected chi connectivity index (χ1v) is 6.12. The topological polar surface area (TPSA) is 67.6 Å². The molecular formula is C13H20N4. The summed E-state index contributed by atoms with van der Waals surface area (Å²) in [5.74, 6) is 0.123. The molecule has 0 radical (unpaired) electrons. The Labute approximate surface area is 102 Å². The van der Waals surface area contributed by atoms with E-state index < -0.39 is 0 Å². The standard InChI is InChI=1S/C13H20N4/c1-10-6-5-7-11(12(10)16-13(14)15)17-8-3-2-4-9-17/h5-7H,2-4,8-9H2,1H3,(H4,14,15,16). The molecule has 1 aromatic carbocycles. The zero-order valence-corrected chi connectivity index (χ0v) is 10.3. The molecule has 1 aliphatic heterocycles. The predicted molar refractivity (Wildman–Crippen MR) is 72.7 cm³/mol. The van der Waals surface area contributed by atoms with E-state index in [1.54, 1.807) is 0 Å². The summed E-state index contributed by atoms with van der Waals surface area (Å²) in [5, 5.41) is 0. The van der Waals surface area contributed by atoms with Gasteiger partial charge in [-0.25, -0.2) is 4.99 Å². The van der Waals surface area contributed by atoms with Gasteiger partial charge in [0.2, 0.25) is 0 Å². The number of anilines is 1. The summed E-state index contributed by atoms with van der Waals surface area (Å²) in [6.07, 6.45) is 3.81. The molecule has 0 unspecified atom stereocenters. The minimum Gasteiger partial charge on any atom is -0.370 e. The summed E-state index contributed by atoms with van der Waals surface area (Å²) in [4.78, 5) is 6.64. The maximum Gasteiger partial charge on any atom is 0.191 e. The Balaban J connectivity index is 2.38. The molecule has 17 heavy (non-hydrogen) atoms. The van der Waals surface area contributed by atoms with Crippen molar-refractivity contribution in [2.75, 3.05) is 18.0 Å². The molecule has 1 aromatic rings. The van der Waals surface area contributed by atoms with Gasteiger partial charge < -0.3 is 16.4 Å². The minimum atomic E-state index is 0.123. The lowest BCUT2D eigenvalue weighted by Crippen LogP contribution is -2.29. The number of nitrogens with zero attached hydrogens (tertiary/aromatic N) is 2. The van der Waals surface area contributed by atoms with E-state index >= 15 is 0 Å². The number of aliphatic imine (C=N–C) groups is 1. The molecule has 1 saturated heterocycles. The van der Waals surface area contributed by atoms with Crippen molar-refractivity contribution in [1.82, 2.24) is 0 Å². The van der Waals surface area contributed by atoms with Crippen LogP contribution in [-0.2, 0) is 0 Å². The number of nitrogens with two attached hydrogens (primary N) is 2. The molecule has 1 aliphatic rings. The Morgan fingerprint density at radius 1 is 1.18 bits per heavy atom. The van der Waals surface area contributed by atoms with Crippen LogP contribution in [0.25, 0.3) is 0 Å². The molecule has 0 aliphatic carbocycles. The Bertz CT molecular complexity index is 415. The lowest BCUT2D eigenvalue weighted by Gasteiger charge is -2.30. The molecule has 4 N–H and O–H groups in total. The number of hydrogen-bond acceptors (Lipinski definition) is 2. The molecule has 0 aromatic heterocycles. The maximum atomic E-state index is 5.50. The van der Waals surface area contributed by atoms with E-state index in [1.165, 1.54) is 19.3 Å². The van der Waals surface area contributed by atoms with Crippen molar-refractivity contribution >= 4 is 17.3 Å². The molecule has 2 rings (SSSR count). The second kappa shape index (κ2) is 5.08. The van der Waals surface area contributed by atoms with Gasteiger partial charge in [-0.3, -0.25) is 0 Å². The van der Waals surface area contributed by atoms with Crippen molar-refractivity contribution in [3.05, 3.63) is 23.8 Å². The van der Waals surface area contributed by atoms with E-state index in [2.05, 4.69) is 22.0 Å². The number of para-hydroxylation sites is 1. The summed E-state index contributed by atoms with van der Waals surface area (Å²) in [6.45, 7) is 4.22. The van der Waals surface area contributed by atoms with Crippen molar-refractivity contribution in [1.29, 1.82) is 0 Å². The summed E-state index contributed by atoms with van der Waals surface area (Å²) < 4.78 is 0. The first-order valence-electron chi connectivity index (χ1n) is 6.12. The molecule has 4 heteroatoms. The van der Waals surface area contributed by atoms with Crippen LogP contribution in [0.2, 0.25) is 0 Å². The van der Waals surface area contributed by atoms with Gasteiger partial charge in [-0.1, -0.05) is 12.1 Å². The molecule has 0 spiro atoms. The highest BCUT2D eigenvalue weighted by atomic mass is 15.1. The van der Waals surface area contributed by atoms with Gasteiger partial charge in [0.05, 0.1) is 11.4 Å². The van der Waals surface area contributed by atoms with E-state index in [9.17, 15) is 0 Å². The van der Waals surface area contributed by atoms with Gasteiger partial charge in [0, 0.05) is 13.1 Å². The Morgan fingerprint density at radius 2 is 1.88 bits per heavy atom. The van der Waals surface area contributed by atoms with Crippen molar-refractivity contribution in [3.63, 3.8) is 0 Å². The van der Waals surface area contributed by atoms with Crippen LogP contribution in [0, 0.1) is 6.92 Å². The van der Waals surface area contributed by atoms with Crippen LogP contribution in [0.5, 0.6) is 0 Å². The normalized spacial score (nSPS) is 15.7.